The number of rotatable bonds is 6. The van der Waals surface area contributed by atoms with Gasteiger partial charge in [-0.25, -0.2) is 4.68 Å². The van der Waals surface area contributed by atoms with E-state index in [4.69, 9.17) is 0 Å². The third-order valence-corrected chi connectivity index (χ3v) is 5.04. The van der Waals surface area contributed by atoms with Crippen LogP contribution in [0.15, 0.2) is 30.3 Å². The molecule has 0 saturated carbocycles. The molecule has 7 heteroatoms. The van der Waals surface area contributed by atoms with Crippen LogP contribution in [0.2, 0.25) is 0 Å². The lowest BCUT2D eigenvalue weighted by atomic mass is 9.92. The van der Waals surface area contributed by atoms with Crippen LogP contribution in [-0.2, 0) is 6.54 Å². The van der Waals surface area contributed by atoms with E-state index in [-0.39, 0.29) is 30.9 Å². The van der Waals surface area contributed by atoms with Gasteiger partial charge < -0.3 is 10.4 Å². The van der Waals surface area contributed by atoms with E-state index in [2.05, 4.69) is 59.6 Å². The average Bonchev–Trinajstić information content (AvgIpc) is 2.94. The van der Waals surface area contributed by atoms with Crippen molar-refractivity contribution >= 4 is 24.8 Å². The van der Waals surface area contributed by atoms with E-state index >= 15 is 0 Å². The molecule has 2 aromatic rings. The smallest absolute Gasteiger partial charge is 0.0696 e. The molecule has 1 atom stereocenters. The third kappa shape index (κ3) is 6.47. The fraction of sp³-hybridized carbons (Fsp3) is 0.550. The Kier molecular flexibility index (Phi) is 9.77. The highest BCUT2D eigenvalue weighted by Gasteiger charge is 2.22. The first kappa shape index (κ1) is 23.9. The molecule has 152 valence electrons. The highest BCUT2D eigenvalue weighted by molar-refractivity contribution is 5.85. The number of aromatic nitrogens is 2. The zero-order valence-electron chi connectivity index (χ0n) is 16.4. The van der Waals surface area contributed by atoms with Crippen LogP contribution in [0.3, 0.4) is 0 Å². The second-order valence-corrected chi connectivity index (χ2v) is 7.36. The Balaban J connectivity index is 0.00000182. The number of aryl methyl sites for hydroxylation is 2. The number of hydrogen-bond acceptors (Lipinski definition) is 4. The second kappa shape index (κ2) is 11.0. The van der Waals surface area contributed by atoms with E-state index in [0.717, 1.165) is 56.1 Å². The molecule has 1 fully saturated rings. The summed E-state index contributed by atoms with van der Waals surface area (Å²) in [7, 11) is 2.08. The number of aliphatic hydroxyl groups is 1. The van der Waals surface area contributed by atoms with Crippen molar-refractivity contribution in [1.29, 1.82) is 0 Å². The van der Waals surface area contributed by atoms with Gasteiger partial charge >= 0.3 is 0 Å². The standard InChI is InChI=1S/C20H30N4O.2ClH/c1-15-11-16(2)24(22-15)19-6-4-5-17(12-19)13-23(3)14-20(25)18-7-9-21-10-8-18;;/h4-6,11-12,18,20-21,25H,7-10,13-14H2,1-3H3;2*1H. The van der Waals surface area contributed by atoms with Crippen LogP contribution < -0.4 is 5.32 Å². The minimum absolute atomic E-state index is 0. The van der Waals surface area contributed by atoms with Gasteiger partial charge in [0.2, 0.25) is 0 Å². The van der Waals surface area contributed by atoms with E-state index in [0.29, 0.717) is 5.92 Å². The number of nitrogens with one attached hydrogen (secondary N) is 1. The number of aliphatic hydroxyl groups excluding tert-OH is 1. The van der Waals surface area contributed by atoms with Crippen LogP contribution in [0.25, 0.3) is 5.69 Å². The molecule has 2 N–H and O–H groups in total. The molecule has 1 aliphatic heterocycles. The maximum absolute atomic E-state index is 10.5. The molecule has 1 unspecified atom stereocenters. The van der Waals surface area contributed by atoms with Crippen LogP contribution in [-0.4, -0.2) is 52.6 Å². The van der Waals surface area contributed by atoms with Crippen LogP contribution in [0.4, 0.5) is 0 Å². The summed E-state index contributed by atoms with van der Waals surface area (Å²) in [6, 6.07) is 10.6. The number of hydrogen-bond donors (Lipinski definition) is 2. The van der Waals surface area contributed by atoms with Gasteiger partial charge in [0, 0.05) is 18.8 Å². The largest absolute Gasteiger partial charge is 0.392 e. The van der Waals surface area contributed by atoms with Crippen molar-refractivity contribution in [2.24, 2.45) is 5.92 Å². The molecular formula is C20H32Cl2N4O. The summed E-state index contributed by atoms with van der Waals surface area (Å²) >= 11 is 0. The molecular weight excluding hydrogens is 383 g/mol. The predicted octanol–water partition coefficient (Wildman–Crippen LogP) is 3.13. The summed E-state index contributed by atoms with van der Waals surface area (Å²) in [5.41, 5.74) is 4.51. The monoisotopic (exact) mass is 414 g/mol. The normalized spacial score (nSPS) is 15.9. The van der Waals surface area contributed by atoms with Gasteiger partial charge in [-0.1, -0.05) is 12.1 Å². The molecule has 1 saturated heterocycles. The van der Waals surface area contributed by atoms with Crippen molar-refractivity contribution in [2.45, 2.75) is 39.3 Å². The lowest BCUT2D eigenvalue weighted by molar-refractivity contribution is 0.0562. The molecule has 0 amide bonds. The fourth-order valence-corrected chi connectivity index (χ4v) is 3.75. The topological polar surface area (TPSA) is 53.3 Å². The number of piperidine rings is 1. The van der Waals surface area contributed by atoms with Gasteiger partial charge in [0.15, 0.2) is 0 Å². The van der Waals surface area contributed by atoms with Gasteiger partial charge in [-0.3, -0.25) is 4.90 Å². The van der Waals surface area contributed by atoms with Gasteiger partial charge in [0.1, 0.15) is 0 Å². The Labute approximate surface area is 175 Å². The predicted molar refractivity (Wildman–Crippen MR) is 115 cm³/mol. The van der Waals surface area contributed by atoms with Gasteiger partial charge in [-0.05, 0) is 76.5 Å². The lowest BCUT2D eigenvalue weighted by Crippen LogP contribution is -2.39. The van der Waals surface area contributed by atoms with Crippen molar-refractivity contribution < 1.29 is 5.11 Å². The van der Waals surface area contributed by atoms with E-state index < -0.39 is 0 Å². The summed E-state index contributed by atoms with van der Waals surface area (Å²) in [5.74, 6) is 0.421. The minimum Gasteiger partial charge on any atom is -0.392 e. The Morgan fingerprint density at radius 1 is 1.22 bits per heavy atom. The van der Waals surface area contributed by atoms with Crippen molar-refractivity contribution in [1.82, 2.24) is 20.0 Å². The summed E-state index contributed by atoms with van der Waals surface area (Å²) in [6.07, 6.45) is 1.90. The molecule has 0 spiro atoms. The first-order valence-electron chi connectivity index (χ1n) is 9.23. The van der Waals surface area contributed by atoms with E-state index in [1.165, 1.54) is 5.56 Å². The lowest BCUT2D eigenvalue weighted by Gasteiger charge is -2.30. The van der Waals surface area contributed by atoms with E-state index in [1.54, 1.807) is 0 Å². The van der Waals surface area contributed by atoms with Crippen LogP contribution in [0.1, 0.15) is 29.8 Å². The molecule has 27 heavy (non-hydrogen) atoms. The molecule has 0 radical (unpaired) electrons. The molecule has 0 aliphatic carbocycles. The molecule has 2 heterocycles. The van der Waals surface area contributed by atoms with Crippen molar-refractivity contribution in [3.63, 3.8) is 0 Å². The van der Waals surface area contributed by atoms with Gasteiger partial charge in [-0.15, -0.1) is 24.8 Å². The maximum atomic E-state index is 10.5. The van der Waals surface area contributed by atoms with Crippen molar-refractivity contribution in [2.75, 3.05) is 26.7 Å². The van der Waals surface area contributed by atoms with Crippen LogP contribution in [0.5, 0.6) is 0 Å². The first-order chi connectivity index (χ1) is 12.0. The molecule has 1 aromatic carbocycles. The molecule has 3 rings (SSSR count). The second-order valence-electron chi connectivity index (χ2n) is 7.36. The Morgan fingerprint density at radius 2 is 1.93 bits per heavy atom. The van der Waals surface area contributed by atoms with Gasteiger partial charge in [-0.2, -0.15) is 5.10 Å². The van der Waals surface area contributed by atoms with Crippen LogP contribution in [0, 0.1) is 19.8 Å². The number of nitrogens with zero attached hydrogens (tertiary/aromatic N) is 3. The molecule has 1 aromatic heterocycles. The summed E-state index contributed by atoms with van der Waals surface area (Å²) in [4.78, 5) is 2.22. The highest BCUT2D eigenvalue weighted by atomic mass is 35.5. The summed E-state index contributed by atoms with van der Waals surface area (Å²) in [6.45, 7) is 7.69. The quantitative estimate of drug-likeness (QED) is 0.761. The zero-order chi connectivity index (χ0) is 17.8. The summed E-state index contributed by atoms with van der Waals surface area (Å²) < 4.78 is 1.99. The van der Waals surface area contributed by atoms with E-state index in [1.807, 2.05) is 11.6 Å². The number of likely N-dealkylation sites (N-methyl/N-ethyl adjacent to an activating group) is 1. The average molecular weight is 415 g/mol. The first-order valence-corrected chi connectivity index (χ1v) is 9.23. The summed E-state index contributed by atoms with van der Waals surface area (Å²) in [5, 5.41) is 18.4. The molecule has 1 aliphatic rings. The van der Waals surface area contributed by atoms with Crippen LogP contribution >= 0.6 is 24.8 Å². The minimum atomic E-state index is -0.244. The number of benzene rings is 1. The maximum Gasteiger partial charge on any atom is 0.0696 e. The van der Waals surface area contributed by atoms with E-state index in [9.17, 15) is 5.11 Å². The van der Waals surface area contributed by atoms with Gasteiger partial charge in [0.25, 0.3) is 0 Å². The molecule has 5 nitrogen and oxygen atoms in total. The highest BCUT2D eigenvalue weighted by Crippen LogP contribution is 2.18. The Morgan fingerprint density at radius 3 is 2.56 bits per heavy atom. The third-order valence-electron chi connectivity index (χ3n) is 5.04. The van der Waals surface area contributed by atoms with Crippen molar-refractivity contribution in [3.05, 3.63) is 47.3 Å². The Hall–Kier alpha value is -1.11. The Bertz CT molecular complexity index is 701. The number of halogens is 2. The fourth-order valence-electron chi connectivity index (χ4n) is 3.75. The van der Waals surface area contributed by atoms with Gasteiger partial charge in [0.05, 0.1) is 17.5 Å². The SMILES string of the molecule is Cc1cc(C)n(-c2cccc(CN(C)CC(O)C3CCNCC3)c2)n1.Cl.Cl. The van der Waals surface area contributed by atoms with Crippen molar-refractivity contribution in [3.8, 4) is 5.69 Å². The zero-order valence-corrected chi connectivity index (χ0v) is 18.0. The molecule has 0 bridgehead atoms.